The van der Waals surface area contributed by atoms with Gasteiger partial charge in [0.05, 0.1) is 5.41 Å². The van der Waals surface area contributed by atoms with Crippen molar-refractivity contribution in [3.05, 3.63) is 60.2 Å². The summed E-state index contributed by atoms with van der Waals surface area (Å²) in [5.74, 6) is 2.91. The zero-order valence-corrected chi connectivity index (χ0v) is 11.4. The molecule has 0 spiro atoms. The second kappa shape index (κ2) is 5.63. The fourth-order valence-corrected chi connectivity index (χ4v) is 2.16. The van der Waals surface area contributed by atoms with E-state index >= 15 is 0 Å². The highest BCUT2D eigenvalue weighted by Crippen LogP contribution is 2.30. The van der Waals surface area contributed by atoms with Crippen molar-refractivity contribution in [3.63, 3.8) is 0 Å². The monoisotopic (exact) mass is 250 g/mol. The minimum Gasteiger partial charge on any atom is -0.462 e. The van der Waals surface area contributed by atoms with Gasteiger partial charge in [0.15, 0.2) is 0 Å². The molecule has 0 radical (unpaired) electrons. The Kier molecular flexibility index (Phi) is 3.92. The van der Waals surface area contributed by atoms with Gasteiger partial charge in [0.25, 0.3) is 0 Å². The molecule has 19 heavy (non-hydrogen) atoms. The summed E-state index contributed by atoms with van der Waals surface area (Å²) >= 11 is 0. The molecule has 0 saturated heterocycles. The van der Waals surface area contributed by atoms with Crippen LogP contribution in [0.25, 0.3) is 11.1 Å². The Morgan fingerprint density at radius 2 is 1.68 bits per heavy atom. The highest BCUT2D eigenvalue weighted by atomic mass is 16.2. The largest absolute Gasteiger partial charge is 0.462 e. The molecule has 1 N–H and O–H groups in total. The van der Waals surface area contributed by atoms with Gasteiger partial charge in [0.1, 0.15) is 6.11 Å². The van der Waals surface area contributed by atoms with Gasteiger partial charge in [-0.15, -0.1) is 0 Å². The van der Waals surface area contributed by atoms with Gasteiger partial charge in [-0.2, -0.15) is 0 Å². The minimum atomic E-state index is -0.306. The molecular formula is C18H18O. The molecule has 0 amide bonds. The van der Waals surface area contributed by atoms with Gasteiger partial charge in [-0.3, -0.25) is 0 Å². The van der Waals surface area contributed by atoms with Gasteiger partial charge in [0, 0.05) is 0 Å². The van der Waals surface area contributed by atoms with Crippen LogP contribution in [0.4, 0.5) is 0 Å². The van der Waals surface area contributed by atoms with Crippen LogP contribution in [-0.2, 0) is 5.41 Å². The predicted octanol–water partition coefficient (Wildman–Crippen LogP) is 4.35. The third-order valence-electron chi connectivity index (χ3n) is 3.65. The van der Waals surface area contributed by atoms with E-state index in [0.29, 0.717) is 0 Å². The average molecular weight is 250 g/mol. The van der Waals surface area contributed by atoms with Gasteiger partial charge in [-0.25, -0.2) is 0 Å². The molecule has 0 saturated carbocycles. The summed E-state index contributed by atoms with van der Waals surface area (Å²) in [6.45, 7) is 4.14. The maximum Gasteiger partial charge on any atom is 0.108 e. The van der Waals surface area contributed by atoms with Crippen molar-refractivity contribution < 1.29 is 5.11 Å². The van der Waals surface area contributed by atoms with E-state index in [-0.39, 0.29) is 5.41 Å². The Hall–Kier alpha value is -2.20. The Bertz CT molecular complexity index is 604. The lowest BCUT2D eigenvalue weighted by atomic mass is 9.80. The Balaban J connectivity index is 2.47. The first-order valence-electron chi connectivity index (χ1n) is 6.52. The molecule has 1 atom stereocenters. The molecule has 1 unspecified atom stereocenters. The van der Waals surface area contributed by atoms with Crippen molar-refractivity contribution in [1.29, 1.82) is 0 Å². The van der Waals surface area contributed by atoms with Crippen LogP contribution in [0.2, 0.25) is 0 Å². The van der Waals surface area contributed by atoms with E-state index in [1.807, 2.05) is 24.3 Å². The van der Waals surface area contributed by atoms with E-state index in [2.05, 4.69) is 56.2 Å². The number of rotatable bonds is 3. The normalized spacial score (nSPS) is 13.2. The van der Waals surface area contributed by atoms with Gasteiger partial charge >= 0.3 is 0 Å². The van der Waals surface area contributed by atoms with E-state index in [9.17, 15) is 0 Å². The fraction of sp³-hybridized carbons (Fsp3) is 0.222. The highest BCUT2D eigenvalue weighted by Gasteiger charge is 2.22. The summed E-state index contributed by atoms with van der Waals surface area (Å²) in [4.78, 5) is 0. The molecule has 0 aliphatic heterocycles. The topological polar surface area (TPSA) is 20.2 Å². The zero-order chi connectivity index (χ0) is 13.7. The number of aliphatic hydroxyl groups excluding tert-OH is 1. The lowest BCUT2D eigenvalue weighted by molar-refractivity contribution is 0.506. The minimum absolute atomic E-state index is 0.306. The van der Waals surface area contributed by atoms with Crippen LogP contribution in [0.5, 0.6) is 0 Å². The van der Waals surface area contributed by atoms with Gasteiger partial charge in [-0.1, -0.05) is 55.5 Å². The van der Waals surface area contributed by atoms with Crippen molar-refractivity contribution in [2.24, 2.45) is 0 Å². The second-order valence-corrected chi connectivity index (χ2v) is 4.87. The van der Waals surface area contributed by atoms with Gasteiger partial charge < -0.3 is 5.11 Å². The summed E-state index contributed by atoms with van der Waals surface area (Å²) in [5.41, 5.74) is 3.20. The summed E-state index contributed by atoms with van der Waals surface area (Å²) < 4.78 is 0. The molecule has 0 bridgehead atoms. The fourth-order valence-electron chi connectivity index (χ4n) is 2.16. The number of hydrogen-bond donors (Lipinski definition) is 1. The van der Waals surface area contributed by atoms with E-state index in [1.54, 1.807) is 0 Å². The molecule has 2 rings (SSSR count). The predicted molar refractivity (Wildman–Crippen MR) is 79.2 cm³/mol. The first-order valence-corrected chi connectivity index (χ1v) is 6.52. The maximum absolute atomic E-state index is 8.92. The van der Waals surface area contributed by atoms with Crippen molar-refractivity contribution >= 4 is 0 Å². The van der Waals surface area contributed by atoms with Crippen molar-refractivity contribution in [1.82, 2.24) is 0 Å². The van der Waals surface area contributed by atoms with Crippen LogP contribution < -0.4 is 0 Å². The molecule has 1 nitrogen and oxygen atoms in total. The first kappa shape index (κ1) is 13.2. The Labute approximate surface area is 114 Å². The Morgan fingerprint density at radius 3 is 2.32 bits per heavy atom. The van der Waals surface area contributed by atoms with E-state index in [4.69, 9.17) is 5.11 Å². The van der Waals surface area contributed by atoms with Crippen molar-refractivity contribution in [2.75, 3.05) is 0 Å². The molecule has 0 aliphatic rings. The second-order valence-electron chi connectivity index (χ2n) is 4.87. The molecule has 0 aromatic heterocycles. The molecule has 0 aliphatic carbocycles. The lowest BCUT2D eigenvalue weighted by Gasteiger charge is -2.22. The third kappa shape index (κ3) is 2.80. The zero-order valence-electron chi connectivity index (χ0n) is 11.4. The van der Waals surface area contributed by atoms with E-state index in [1.165, 1.54) is 11.1 Å². The molecule has 0 heterocycles. The molecule has 1 heteroatoms. The highest BCUT2D eigenvalue weighted by molar-refractivity contribution is 5.64. The quantitative estimate of drug-likeness (QED) is 0.803. The van der Waals surface area contributed by atoms with Crippen LogP contribution in [0.1, 0.15) is 25.8 Å². The first-order chi connectivity index (χ1) is 9.19. The standard InChI is InChI=1S/C18H18O/c1-3-18(2,12-13-19)17-11-7-10-16(14-17)15-8-5-4-6-9-15/h4-11,14,19H,3H2,1-2H3. The smallest absolute Gasteiger partial charge is 0.108 e. The lowest BCUT2D eigenvalue weighted by Crippen LogP contribution is -2.18. The molecule has 2 aromatic rings. The molecule has 0 fully saturated rings. The SMILES string of the molecule is CCC(C)(C#CO)c1cccc(-c2ccccc2)c1. The van der Waals surface area contributed by atoms with Gasteiger partial charge in [-0.05, 0) is 42.0 Å². The number of aliphatic hydroxyl groups is 1. The third-order valence-corrected chi connectivity index (χ3v) is 3.65. The average Bonchev–Trinajstić information content (AvgIpc) is 2.48. The van der Waals surface area contributed by atoms with Crippen LogP contribution in [0.3, 0.4) is 0 Å². The molecule has 2 aromatic carbocycles. The summed E-state index contributed by atoms with van der Waals surface area (Å²) in [6, 6.07) is 18.7. The van der Waals surface area contributed by atoms with E-state index in [0.717, 1.165) is 12.0 Å². The summed E-state index contributed by atoms with van der Waals surface area (Å²) in [7, 11) is 0. The summed E-state index contributed by atoms with van der Waals surface area (Å²) in [5, 5.41) is 8.92. The van der Waals surface area contributed by atoms with Crippen LogP contribution in [0.15, 0.2) is 54.6 Å². The van der Waals surface area contributed by atoms with E-state index < -0.39 is 0 Å². The number of benzene rings is 2. The number of hydrogen-bond acceptors (Lipinski definition) is 1. The van der Waals surface area contributed by atoms with Gasteiger partial charge in [0.2, 0.25) is 0 Å². The van der Waals surface area contributed by atoms with Crippen LogP contribution in [0, 0.1) is 12.0 Å². The van der Waals surface area contributed by atoms with Crippen LogP contribution >= 0.6 is 0 Å². The van der Waals surface area contributed by atoms with Crippen molar-refractivity contribution in [3.8, 4) is 23.2 Å². The maximum atomic E-state index is 8.92. The molecular weight excluding hydrogens is 232 g/mol. The summed E-state index contributed by atoms with van der Waals surface area (Å²) in [6.07, 6.45) is 2.93. The molecule has 96 valence electrons. The van der Waals surface area contributed by atoms with Crippen molar-refractivity contribution in [2.45, 2.75) is 25.7 Å². The van der Waals surface area contributed by atoms with Crippen LogP contribution in [-0.4, -0.2) is 5.11 Å². The Morgan fingerprint density at radius 1 is 1.00 bits per heavy atom.